The molecule has 0 unspecified atom stereocenters. The second kappa shape index (κ2) is 3.78. The lowest BCUT2D eigenvalue weighted by atomic mass is 10.3. The van der Waals surface area contributed by atoms with Crippen LogP contribution in [0.4, 0.5) is 0 Å². The summed E-state index contributed by atoms with van der Waals surface area (Å²) in [5.41, 5.74) is 2.32. The number of aliphatic hydroxyl groups excluding tert-OH is 1. The van der Waals surface area contributed by atoms with Gasteiger partial charge in [-0.25, -0.2) is 9.97 Å². The lowest BCUT2D eigenvalue weighted by Gasteiger charge is -2.01. The molecule has 2 aromatic rings. The number of aryl methyl sites for hydroxylation is 2. The van der Waals surface area contributed by atoms with Crippen molar-refractivity contribution in [2.45, 2.75) is 13.5 Å². The quantitative estimate of drug-likeness (QED) is 0.781. The van der Waals surface area contributed by atoms with Gasteiger partial charge in [-0.2, -0.15) is 5.10 Å². The largest absolute Gasteiger partial charge is 0.390 e. The maximum absolute atomic E-state index is 9.03. The van der Waals surface area contributed by atoms with Gasteiger partial charge < -0.3 is 5.11 Å². The molecule has 0 spiro atoms. The molecule has 0 fully saturated rings. The molecule has 1 N–H and O–H groups in total. The van der Waals surface area contributed by atoms with Gasteiger partial charge in [-0.3, -0.25) is 4.68 Å². The Morgan fingerprint density at radius 2 is 2.20 bits per heavy atom. The molecule has 0 aliphatic rings. The molecule has 0 aliphatic heterocycles. The number of rotatable bonds is 2. The average Bonchev–Trinajstić information content (AvgIpc) is 2.64. The van der Waals surface area contributed by atoms with Crippen LogP contribution in [0.5, 0.6) is 0 Å². The minimum absolute atomic E-state index is 0.0728. The van der Waals surface area contributed by atoms with Crippen LogP contribution in [0, 0.1) is 6.92 Å². The number of hydrogen-bond donors (Lipinski definition) is 1. The van der Waals surface area contributed by atoms with Gasteiger partial charge >= 0.3 is 0 Å². The summed E-state index contributed by atoms with van der Waals surface area (Å²) in [6.07, 6.45) is 3.55. The maximum Gasteiger partial charge on any atom is 0.162 e. The van der Waals surface area contributed by atoms with Crippen LogP contribution in [-0.4, -0.2) is 24.9 Å². The predicted octanol–water partition coefficient (Wildman–Crippen LogP) is 0.678. The molecule has 78 valence electrons. The summed E-state index contributed by atoms with van der Waals surface area (Å²) in [7, 11) is 1.84. The molecule has 0 aliphatic carbocycles. The summed E-state index contributed by atoms with van der Waals surface area (Å²) in [5, 5.41) is 13.1. The van der Waals surface area contributed by atoms with Crippen molar-refractivity contribution < 1.29 is 5.11 Å². The van der Waals surface area contributed by atoms with Crippen LogP contribution in [0.3, 0.4) is 0 Å². The zero-order valence-electron chi connectivity index (χ0n) is 8.68. The number of hydrogen-bond acceptors (Lipinski definition) is 4. The van der Waals surface area contributed by atoms with E-state index in [1.807, 2.05) is 20.2 Å². The second-order valence-corrected chi connectivity index (χ2v) is 3.39. The van der Waals surface area contributed by atoms with Crippen molar-refractivity contribution in [1.29, 1.82) is 0 Å². The SMILES string of the molecule is Cc1cc(CO)nc(-c2cnn(C)c2)n1. The highest BCUT2D eigenvalue weighted by Gasteiger charge is 2.06. The summed E-state index contributed by atoms with van der Waals surface area (Å²) in [4.78, 5) is 8.51. The van der Waals surface area contributed by atoms with Gasteiger partial charge in [0, 0.05) is 18.9 Å². The lowest BCUT2D eigenvalue weighted by molar-refractivity contribution is 0.276. The number of aliphatic hydroxyl groups is 1. The average molecular weight is 204 g/mol. The molecule has 2 rings (SSSR count). The molecule has 0 bridgehead atoms. The van der Waals surface area contributed by atoms with Crippen LogP contribution >= 0.6 is 0 Å². The van der Waals surface area contributed by atoms with Gasteiger partial charge in [0.05, 0.1) is 24.1 Å². The van der Waals surface area contributed by atoms with Gasteiger partial charge in [-0.15, -0.1) is 0 Å². The fourth-order valence-electron chi connectivity index (χ4n) is 1.38. The summed E-state index contributed by atoms with van der Waals surface area (Å²) >= 11 is 0. The molecular formula is C10H12N4O. The summed E-state index contributed by atoms with van der Waals surface area (Å²) < 4.78 is 1.69. The lowest BCUT2D eigenvalue weighted by Crippen LogP contribution is -1.97. The van der Waals surface area contributed by atoms with Gasteiger partial charge in [0.25, 0.3) is 0 Å². The van der Waals surface area contributed by atoms with Crippen molar-refractivity contribution in [3.63, 3.8) is 0 Å². The van der Waals surface area contributed by atoms with Gasteiger partial charge in [0.2, 0.25) is 0 Å². The third kappa shape index (κ3) is 2.02. The highest BCUT2D eigenvalue weighted by Crippen LogP contribution is 2.14. The van der Waals surface area contributed by atoms with E-state index in [0.717, 1.165) is 11.3 Å². The third-order valence-electron chi connectivity index (χ3n) is 2.03. The molecular weight excluding hydrogens is 192 g/mol. The van der Waals surface area contributed by atoms with E-state index in [4.69, 9.17) is 5.11 Å². The molecule has 2 heterocycles. The Hall–Kier alpha value is -1.75. The highest BCUT2D eigenvalue weighted by molar-refractivity contribution is 5.52. The normalized spacial score (nSPS) is 10.6. The van der Waals surface area contributed by atoms with Gasteiger partial charge in [-0.05, 0) is 13.0 Å². The van der Waals surface area contributed by atoms with Crippen LogP contribution in [0.1, 0.15) is 11.4 Å². The fourth-order valence-corrected chi connectivity index (χ4v) is 1.38. The molecule has 15 heavy (non-hydrogen) atoms. The summed E-state index contributed by atoms with van der Waals surface area (Å²) in [5.74, 6) is 0.604. The monoisotopic (exact) mass is 204 g/mol. The predicted molar refractivity (Wildman–Crippen MR) is 54.9 cm³/mol. The maximum atomic E-state index is 9.03. The van der Waals surface area contributed by atoms with Crippen molar-refractivity contribution in [2.24, 2.45) is 7.05 Å². The molecule has 0 saturated carbocycles. The van der Waals surface area contributed by atoms with E-state index in [-0.39, 0.29) is 6.61 Å². The van der Waals surface area contributed by atoms with Crippen molar-refractivity contribution in [1.82, 2.24) is 19.7 Å². The Bertz CT molecular complexity index is 478. The molecule has 5 heteroatoms. The minimum atomic E-state index is -0.0728. The van der Waals surface area contributed by atoms with Crippen LogP contribution in [-0.2, 0) is 13.7 Å². The van der Waals surface area contributed by atoms with Gasteiger partial charge in [-0.1, -0.05) is 0 Å². The van der Waals surface area contributed by atoms with Crippen LogP contribution < -0.4 is 0 Å². The molecule has 0 aromatic carbocycles. The number of nitrogens with zero attached hydrogens (tertiary/aromatic N) is 4. The Morgan fingerprint density at radius 3 is 2.80 bits per heavy atom. The van der Waals surface area contributed by atoms with E-state index >= 15 is 0 Å². The molecule has 5 nitrogen and oxygen atoms in total. The van der Waals surface area contributed by atoms with Crippen molar-refractivity contribution >= 4 is 0 Å². The van der Waals surface area contributed by atoms with E-state index in [0.29, 0.717) is 11.5 Å². The van der Waals surface area contributed by atoms with Crippen molar-refractivity contribution in [3.8, 4) is 11.4 Å². The number of aromatic nitrogens is 4. The van der Waals surface area contributed by atoms with Gasteiger partial charge in [0.1, 0.15) is 0 Å². The Balaban J connectivity index is 2.48. The van der Waals surface area contributed by atoms with E-state index < -0.39 is 0 Å². The second-order valence-electron chi connectivity index (χ2n) is 3.39. The van der Waals surface area contributed by atoms with Crippen molar-refractivity contribution in [3.05, 3.63) is 29.8 Å². The first-order valence-electron chi connectivity index (χ1n) is 4.63. The fraction of sp³-hybridized carbons (Fsp3) is 0.300. The first-order valence-corrected chi connectivity index (χ1v) is 4.63. The standard InChI is InChI=1S/C10H12N4O/c1-7-3-9(6-15)13-10(12-7)8-4-11-14(2)5-8/h3-5,15H,6H2,1-2H3. The molecule has 0 amide bonds. The zero-order valence-corrected chi connectivity index (χ0v) is 8.68. The molecule has 0 saturated heterocycles. The summed E-state index contributed by atoms with van der Waals surface area (Å²) in [6.45, 7) is 1.80. The van der Waals surface area contributed by atoms with E-state index in [2.05, 4.69) is 15.1 Å². The Morgan fingerprint density at radius 1 is 1.40 bits per heavy atom. The van der Waals surface area contributed by atoms with E-state index in [9.17, 15) is 0 Å². The smallest absolute Gasteiger partial charge is 0.162 e. The third-order valence-corrected chi connectivity index (χ3v) is 2.03. The first-order chi connectivity index (χ1) is 7.19. The topological polar surface area (TPSA) is 63.8 Å². The Labute approximate surface area is 87.4 Å². The van der Waals surface area contributed by atoms with Crippen LogP contribution in [0.2, 0.25) is 0 Å². The van der Waals surface area contributed by atoms with Crippen molar-refractivity contribution in [2.75, 3.05) is 0 Å². The Kier molecular flexibility index (Phi) is 2.47. The molecule has 0 radical (unpaired) electrons. The van der Waals surface area contributed by atoms with E-state index in [1.54, 1.807) is 16.9 Å². The van der Waals surface area contributed by atoms with E-state index in [1.165, 1.54) is 0 Å². The summed E-state index contributed by atoms with van der Waals surface area (Å²) in [6, 6.07) is 1.76. The van der Waals surface area contributed by atoms with Gasteiger partial charge in [0.15, 0.2) is 5.82 Å². The minimum Gasteiger partial charge on any atom is -0.390 e. The first kappa shape index (κ1) is 9.79. The zero-order chi connectivity index (χ0) is 10.8. The molecule has 0 atom stereocenters. The molecule has 2 aromatic heterocycles. The highest BCUT2D eigenvalue weighted by atomic mass is 16.3. The van der Waals surface area contributed by atoms with Crippen LogP contribution in [0.15, 0.2) is 18.5 Å². The van der Waals surface area contributed by atoms with Crippen LogP contribution in [0.25, 0.3) is 11.4 Å².